The van der Waals surface area contributed by atoms with Crippen molar-refractivity contribution in [2.75, 3.05) is 25.0 Å². The van der Waals surface area contributed by atoms with Crippen molar-refractivity contribution in [3.8, 4) is 0 Å². The maximum absolute atomic E-state index is 13.3. The van der Waals surface area contributed by atoms with Gasteiger partial charge in [-0.05, 0) is 75.4 Å². The van der Waals surface area contributed by atoms with Crippen LogP contribution in [0.2, 0.25) is 0 Å². The summed E-state index contributed by atoms with van der Waals surface area (Å²) in [5.41, 5.74) is 1.10. The van der Waals surface area contributed by atoms with Crippen molar-refractivity contribution in [1.29, 1.82) is 0 Å². The Labute approximate surface area is 195 Å². The van der Waals surface area contributed by atoms with Crippen molar-refractivity contribution in [2.45, 2.75) is 57.6 Å². The van der Waals surface area contributed by atoms with E-state index in [1.807, 2.05) is 12.1 Å². The number of β-amino-alcohol motifs (C(OH)–C–C–N with tert-alkyl or cyclic N) is 1. The fourth-order valence-corrected chi connectivity index (χ4v) is 4.53. The normalized spacial score (nSPS) is 20.6. The Balaban J connectivity index is 1.52. The third kappa shape index (κ3) is 7.11. The Morgan fingerprint density at radius 1 is 1.21 bits per heavy atom. The number of aliphatic hydroxyl groups is 1. The average molecular weight is 456 g/mol. The molecule has 0 radical (unpaired) electrons. The van der Waals surface area contributed by atoms with Crippen LogP contribution in [0.25, 0.3) is 0 Å². The Bertz CT molecular complexity index is 962. The summed E-state index contributed by atoms with van der Waals surface area (Å²) in [4.78, 5) is 26.1. The first kappa shape index (κ1) is 24.9. The summed E-state index contributed by atoms with van der Waals surface area (Å²) in [5, 5.41) is 16.4. The number of ketones is 1. The van der Waals surface area contributed by atoms with E-state index < -0.39 is 11.6 Å². The average Bonchev–Trinajstić information content (AvgIpc) is 2.78. The molecule has 2 amide bonds. The van der Waals surface area contributed by atoms with Crippen molar-refractivity contribution in [1.82, 2.24) is 10.2 Å². The smallest absolute Gasteiger partial charge is 0.319 e. The van der Waals surface area contributed by atoms with Gasteiger partial charge in [0.2, 0.25) is 0 Å². The molecule has 3 atom stereocenters. The fourth-order valence-electron chi connectivity index (χ4n) is 4.53. The number of urea groups is 1. The van der Waals surface area contributed by atoms with E-state index in [2.05, 4.69) is 22.5 Å². The molecule has 0 spiro atoms. The van der Waals surface area contributed by atoms with Crippen LogP contribution in [0.3, 0.4) is 0 Å². The summed E-state index contributed by atoms with van der Waals surface area (Å²) in [5.74, 6) is 0.0875. The molecule has 178 valence electrons. The van der Waals surface area contributed by atoms with Gasteiger partial charge in [0.1, 0.15) is 5.82 Å². The number of Topliss-reactive ketones (excluding diaryl/α,β-unsaturated/α-hetero) is 1. The second kappa shape index (κ2) is 10.9. The molecule has 0 aromatic heterocycles. The van der Waals surface area contributed by atoms with E-state index in [9.17, 15) is 19.1 Å². The number of halogens is 1. The molecular formula is C26H34FN3O3. The third-order valence-electron chi connectivity index (χ3n) is 6.35. The quantitative estimate of drug-likeness (QED) is 0.510. The monoisotopic (exact) mass is 455 g/mol. The van der Waals surface area contributed by atoms with Crippen LogP contribution in [0.15, 0.2) is 48.5 Å². The van der Waals surface area contributed by atoms with E-state index in [-0.39, 0.29) is 18.1 Å². The first-order valence-electron chi connectivity index (χ1n) is 11.5. The highest BCUT2D eigenvalue weighted by Crippen LogP contribution is 2.33. The van der Waals surface area contributed by atoms with Crippen LogP contribution in [0.5, 0.6) is 0 Å². The largest absolute Gasteiger partial charge is 0.387 e. The predicted octanol–water partition coefficient (Wildman–Crippen LogP) is 4.56. The number of nitrogens with one attached hydrogen (secondary N) is 2. The van der Waals surface area contributed by atoms with Crippen LogP contribution in [-0.4, -0.2) is 53.1 Å². The zero-order chi connectivity index (χ0) is 24.0. The standard InChI is InChI=1S/C26H34FN3O3/c1-4-24-15-21(19-8-10-22(27)11-9-19)12-13-30(24)17-26(3,33)16-28-25(32)29-23-7-5-6-20(14-23)18(2)31/h5-11,14,21,24,33H,4,12-13,15-17H2,1-3H3,(H2,28,29,32). The van der Waals surface area contributed by atoms with Gasteiger partial charge in [0.25, 0.3) is 0 Å². The molecule has 1 saturated heterocycles. The van der Waals surface area contributed by atoms with E-state index in [1.54, 1.807) is 31.2 Å². The molecular weight excluding hydrogens is 421 g/mol. The molecule has 1 fully saturated rings. The van der Waals surface area contributed by atoms with Gasteiger partial charge in [-0.2, -0.15) is 0 Å². The molecule has 1 heterocycles. The van der Waals surface area contributed by atoms with Crippen molar-refractivity contribution in [2.24, 2.45) is 0 Å². The molecule has 0 aliphatic carbocycles. The fraction of sp³-hybridized carbons (Fsp3) is 0.462. The van der Waals surface area contributed by atoms with Crippen LogP contribution >= 0.6 is 0 Å². The van der Waals surface area contributed by atoms with Crippen LogP contribution < -0.4 is 10.6 Å². The number of amides is 2. The van der Waals surface area contributed by atoms with E-state index in [0.717, 1.165) is 31.4 Å². The van der Waals surface area contributed by atoms with Crippen molar-refractivity contribution >= 4 is 17.5 Å². The number of likely N-dealkylation sites (tertiary alicyclic amines) is 1. The Morgan fingerprint density at radius 2 is 1.94 bits per heavy atom. The number of rotatable bonds is 8. The number of nitrogens with zero attached hydrogens (tertiary/aromatic N) is 1. The summed E-state index contributed by atoms with van der Waals surface area (Å²) >= 11 is 0. The van der Waals surface area contributed by atoms with Gasteiger partial charge in [0.05, 0.1) is 5.60 Å². The first-order valence-corrected chi connectivity index (χ1v) is 11.5. The Kier molecular flexibility index (Phi) is 8.21. The van der Waals surface area contributed by atoms with Gasteiger partial charge >= 0.3 is 6.03 Å². The molecule has 3 rings (SSSR count). The van der Waals surface area contributed by atoms with Gasteiger partial charge in [-0.25, -0.2) is 9.18 Å². The molecule has 2 aromatic rings. The lowest BCUT2D eigenvalue weighted by Gasteiger charge is -2.42. The molecule has 7 heteroatoms. The number of anilines is 1. The summed E-state index contributed by atoms with van der Waals surface area (Å²) in [6.07, 6.45) is 2.85. The lowest BCUT2D eigenvalue weighted by atomic mass is 9.84. The summed E-state index contributed by atoms with van der Waals surface area (Å²) in [7, 11) is 0. The first-order chi connectivity index (χ1) is 15.7. The van der Waals surface area contributed by atoms with Gasteiger partial charge in [-0.1, -0.05) is 31.2 Å². The predicted molar refractivity (Wildman–Crippen MR) is 128 cm³/mol. The lowest BCUT2D eigenvalue weighted by molar-refractivity contribution is -0.00429. The second-order valence-corrected chi connectivity index (χ2v) is 9.25. The molecule has 1 aliphatic rings. The van der Waals surface area contributed by atoms with Gasteiger partial charge < -0.3 is 15.7 Å². The molecule has 6 nitrogen and oxygen atoms in total. The van der Waals surface area contributed by atoms with E-state index in [0.29, 0.717) is 29.8 Å². The second-order valence-electron chi connectivity index (χ2n) is 9.25. The zero-order valence-corrected chi connectivity index (χ0v) is 19.6. The zero-order valence-electron chi connectivity index (χ0n) is 19.6. The summed E-state index contributed by atoms with van der Waals surface area (Å²) < 4.78 is 13.3. The molecule has 33 heavy (non-hydrogen) atoms. The molecule has 0 bridgehead atoms. The molecule has 3 N–H and O–H groups in total. The minimum absolute atomic E-state index is 0.0735. The van der Waals surface area contributed by atoms with Crippen LogP contribution in [-0.2, 0) is 0 Å². The highest BCUT2D eigenvalue weighted by atomic mass is 19.1. The minimum atomic E-state index is -1.10. The third-order valence-corrected chi connectivity index (χ3v) is 6.35. The highest BCUT2D eigenvalue weighted by molar-refractivity contribution is 5.96. The maximum atomic E-state index is 13.3. The minimum Gasteiger partial charge on any atom is -0.387 e. The SMILES string of the molecule is CCC1CC(c2ccc(F)cc2)CCN1CC(C)(O)CNC(=O)Nc1cccc(C(C)=O)c1. The molecule has 0 saturated carbocycles. The van der Waals surface area contributed by atoms with E-state index in [1.165, 1.54) is 19.1 Å². The lowest BCUT2D eigenvalue weighted by Crippen LogP contribution is -2.53. The van der Waals surface area contributed by atoms with E-state index >= 15 is 0 Å². The molecule has 1 aliphatic heterocycles. The van der Waals surface area contributed by atoms with Gasteiger partial charge in [-0.3, -0.25) is 9.69 Å². The highest BCUT2D eigenvalue weighted by Gasteiger charge is 2.33. The van der Waals surface area contributed by atoms with Gasteiger partial charge in [0.15, 0.2) is 5.78 Å². The van der Waals surface area contributed by atoms with Gasteiger partial charge in [-0.15, -0.1) is 0 Å². The number of carbonyl (C=O) groups excluding carboxylic acids is 2. The van der Waals surface area contributed by atoms with Crippen molar-refractivity contribution in [3.05, 3.63) is 65.5 Å². The van der Waals surface area contributed by atoms with Crippen LogP contribution in [0.1, 0.15) is 61.9 Å². The number of hydrogen-bond donors (Lipinski definition) is 3. The maximum Gasteiger partial charge on any atom is 0.319 e. The van der Waals surface area contributed by atoms with Crippen molar-refractivity contribution < 1.29 is 19.1 Å². The van der Waals surface area contributed by atoms with Gasteiger partial charge in [0, 0.05) is 30.4 Å². The summed E-state index contributed by atoms with van der Waals surface area (Å²) in [6, 6.07) is 13.4. The number of piperidine rings is 1. The van der Waals surface area contributed by atoms with Crippen LogP contribution in [0.4, 0.5) is 14.9 Å². The van der Waals surface area contributed by atoms with Crippen LogP contribution in [0, 0.1) is 5.82 Å². The Hall–Kier alpha value is -2.77. The Morgan fingerprint density at radius 3 is 2.61 bits per heavy atom. The van der Waals surface area contributed by atoms with E-state index in [4.69, 9.17) is 0 Å². The topological polar surface area (TPSA) is 81.7 Å². The number of benzene rings is 2. The number of carbonyl (C=O) groups is 2. The number of hydrogen-bond acceptors (Lipinski definition) is 4. The molecule has 3 unspecified atom stereocenters. The summed E-state index contributed by atoms with van der Waals surface area (Å²) in [6.45, 7) is 6.72. The molecule has 2 aromatic carbocycles. The van der Waals surface area contributed by atoms with Crippen molar-refractivity contribution in [3.63, 3.8) is 0 Å².